The van der Waals surface area contributed by atoms with E-state index in [9.17, 15) is 18.0 Å². The normalized spacial score (nSPS) is 13.3. The van der Waals surface area contributed by atoms with Crippen LogP contribution in [0.15, 0.2) is 36.4 Å². The molecule has 0 saturated heterocycles. The molecule has 214 valence electrons. The fraction of sp³-hybridized carbons (Fsp3) is 0.481. The molecular weight excluding hydrogens is 565 g/mol. The molecule has 1 unspecified atom stereocenters. The number of amides is 2. The summed E-state index contributed by atoms with van der Waals surface area (Å²) in [5.41, 5.74) is 1.15. The zero-order chi connectivity index (χ0) is 28.7. The smallest absolute Gasteiger partial charge is 0.242 e. The van der Waals surface area contributed by atoms with Gasteiger partial charge in [-0.05, 0) is 48.6 Å². The Morgan fingerprint density at radius 2 is 1.77 bits per heavy atom. The van der Waals surface area contributed by atoms with Gasteiger partial charge in [0.2, 0.25) is 28.6 Å². The summed E-state index contributed by atoms with van der Waals surface area (Å²) in [5, 5.41) is 3.67. The molecule has 3 rings (SSSR count). The first kappa shape index (κ1) is 30.8. The quantitative estimate of drug-likeness (QED) is 0.353. The van der Waals surface area contributed by atoms with Gasteiger partial charge in [-0.1, -0.05) is 50.0 Å². The molecule has 1 aliphatic rings. The van der Waals surface area contributed by atoms with E-state index in [4.69, 9.17) is 32.7 Å². The molecule has 2 amide bonds. The molecule has 1 atom stereocenters. The van der Waals surface area contributed by atoms with Crippen LogP contribution in [0.25, 0.3) is 0 Å². The fourth-order valence-corrected chi connectivity index (χ4v) is 5.50. The SMILES string of the molecule is CCC(C(=O)NCC(C)C)N(Cc1ccc(Cl)c(Cl)c1)C(=O)CCCN(c1ccc2c(c1)OCO2)S(C)(=O)=O. The van der Waals surface area contributed by atoms with Crippen LogP contribution in [0.5, 0.6) is 11.5 Å². The number of nitrogens with zero attached hydrogens (tertiary/aromatic N) is 2. The summed E-state index contributed by atoms with van der Waals surface area (Å²) in [7, 11) is -3.64. The van der Waals surface area contributed by atoms with E-state index in [1.165, 1.54) is 9.21 Å². The number of carbonyl (C=O) groups excluding carboxylic acids is 2. The van der Waals surface area contributed by atoms with Gasteiger partial charge in [-0.15, -0.1) is 0 Å². The molecule has 0 radical (unpaired) electrons. The lowest BCUT2D eigenvalue weighted by atomic mass is 10.1. The number of ether oxygens (including phenoxy) is 2. The van der Waals surface area contributed by atoms with Crippen molar-refractivity contribution < 1.29 is 27.5 Å². The number of rotatable bonds is 13. The maximum Gasteiger partial charge on any atom is 0.242 e. The highest BCUT2D eigenvalue weighted by molar-refractivity contribution is 7.92. The Morgan fingerprint density at radius 1 is 1.05 bits per heavy atom. The number of benzene rings is 2. The topological polar surface area (TPSA) is 105 Å². The largest absolute Gasteiger partial charge is 0.454 e. The average molecular weight is 601 g/mol. The van der Waals surface area contributed by atoms with Crippen molar-refractivity contribution in [1.29, 1.82) is 0 Å². The highest BCUT2D eigenvalue weighted by Crippen LogP contribution is 2.36. The Bertz CT molecular complexity index is 1290. The third kappa shape index (κ3) is 8.40. The molecule has 9 nitrogen and oxygen atoms in total. The van der Waals surface area contributed by atoms with Gasteiger partial charge >= 0.3 is 0 Å². The summed E-state index contributed by atoms with van der Waals surface area (Å²) in [4.78, 5) is 28.1. The Kier molecular flexibility index (Phi) is 10.7. The Balaban J connectivity index is 1.77. The van der Waals surface area contributed by atoms with Crippen molar-refractivity contribution in [3.8, 4) is 11.5 Å². The van der Waals surface area contributed by atoms with Crippen molar-refractivity contribution in [1.82, 2.24) is 10.2 Å². The molecule has 0 bridgehead atoms. The number of halogens is 2. The number of hydrogen-bond acceptors (Lipinski definition) is 6. The molecule has 0 aliphatic carbocycles. The van der Waals surface area contributed by atoms with Crippen molar-refractivity contribution in [3.05, 3.63) is 52.0 Å². The lowest BCUT2D eigenvalue weighted by Crippen LogP contribution is -2.49. The second kappa shape index (κ2) is 13.6. The molecule has 1 aliphatic heterocycles. The Labute approximate surface area is 240 Å². The van der Waals surface area contributed by atoms with E-state index in [1.807, 2.05) is 20.8 Å². The zero-order valence-electron chi connectivity index (χ0n) is 22.6. The minimum Gasteiger partial charge on any atom is -0.454 e. The first-order valence-electron chi connectivity index (χ1n) is 12.8. The third-order valence-electron chi connectivity index (χ3n) is 6.20. The van der Waals surface area contributed by atoms with Gasteiger partial charge in [-0.25, -0.2) is 8.42 Å². The lowest BCUT2D eigenvalue weighted by molar-refractivity contribution is -0.141. The molecular formula is C27H35Cl2N3O6S. The Morgan fingerprint density at radius 3 is 2.41 bits per heavy atom. The van der Waals surface area contributed by atoms with Crippen LogP contribution in [-0.4, -0.2) is 57.3 Å². The summed E-state index contributed by atoms with van der Waals surface area (Å²) in [6.45, 7) is 6.62. The Hall–Kier alpha value is -2.69. The van der Waals surface area contributed by atoms with Gasteiger partial charge in [0.1, 0.15) is 6.04 Å². The van der Waals surface area contributed by atoms with Crippen LogP contribution in [0, 0.1) is 5.92 Å². The van der Waals surface area contributed by atoms with Crippen LogP contribution >= 0.6 is 23.2 Å². The molecule has 1 heterocycles. The minimum atomic E-state index is -3.64. The molecule has 1 N–H and O–H groups in total. The average Bonchev–Trinajstić information content (AvgIpc) is 3.34. The molecule has 2 aromatic rings. The zero-order valence-corrected chi connectivity index (χ0v) is 24.9. The standard InChI is InChI=1S/C27H35Cl2N3O6S/c1-5-23(27(34)30-15-18(2)3)31(16-19-8-10-21(28)22(29)13-19)26(33)7-6-12-32(39(4,35)36)20-9-11-24-25(14-20)38-17-37-24/h8-11,13-14,18,23H,5-7,12,15-17H2,1-4H3,(H,30,34). The first-order valence-corrected chi connectivity index (χ1v) is 15.4. The van der Waals surface area contributed by atoms with Crippen LogP contribution in [0.4, 0.5) is 5.69 Å². The minimum absolute atomic E-state index is 0.0336. The first-order chi connectivity index (χ1) is 18.4. The van der Waals surface area contributed by atoms with Crippen LogP contribution in [0.2, 0.25) is 10.0 Å². The summed E-state index contributed by atoms with van der Waals surface area (Å²) in [6.07, 6.45) is 1.79. The number of nitrogens with one attached hydrogen (secondary N) is 1. The highest BCUT2D eigenvalue weighted by Gasteiger charge is 2.29. The molecule has 39 heavy (non-hydrogen) atoms. The second-order valence-electron chi connectivity index (χ2n) is 9.81. The predicted molar refractivity (Wildman–Crippen MR) is 153 cm³/mol. The van der Waals surface area contributed by atoms with Gasteiger partial charge < -0.3 is 19.7 Å². The van der Waals surface area contributed by atoms with E-state index >= 15 is 0 Å². The van der Waals surface area contributed by atoms with Crippen LogP contribution in [0.3, 0.4) is 0 Å². The molecule has 0 spiro atoms. The van der Waals surface area contributed by atoms with Gasteiger partial charge in [0, 0.05) is 32.1 Å². The molecule has 0 saturated carbocycles. The molecule has 12 heteroatoms. The van der Waals surface area contributed by atoms with Crippen molar-refractivity contribution in [3.63, 3.8) is 0 Å². The van der Waals surface area contributed by atoms with Crippen molar-refractivity contribution >= 4 is 50.7 Å². The van der Waals surface area contributed by atoms with Gasteiger partial charge in [0.05, 0.1) is 22.0 Å². The number of carbonyl (C=O) groups is 2. The number of hydrogen-bond donors (Lipinski definition) is 1. The predicted octanol–water partition coefficient (Wildman–Crippen LogP) is 4.85. The van der Waals surface area contributed by atoms with Gasteiger partial charge in [-0.2, -0.15) is 0 Å². The number of fused-ring (bicyclic) bond motifs is 1. The maximum atomic E-state index is 13.5. The van der Waals surface area contributed by atoms with Crippen LogP contribution in [0.1, 0.15) is 45.6 Å². The monoisotopic (exact) mass is 599 g/mol. The van der Waals surface area contributed by atoms with Crippen molar-refractivity contribution in [2.75, 3.05) is 30.4 Å². The van der Waals surface area contributed by atoms with E-state index in [2.05, 4.69) is 5.32 Å². The number of sulfonamides is 1. The van der Waals surface area contributed by atoms with E-state index in [0.29, 0.717) is 40.2 Å². The second-order valence-corrected chi connectivity index (χ2v) is 12.5. The third-order valence-corrected chi connectivity index (χ3v) is 8.14. The van der Waals surface area contributed by atoms with E-state index < -0.39 is 16.1 Å². The van der Waals surface area contributed by atoms with Gasteiger partial charge in [0.25, 0.3) is 0 Å². The van der Waals surface area contributed by atoms with Crippen molar-refractivity contribution in [2.24, 2.45) is 5.92 Å². The lowest BCUT2D eigenvalue weighted by Gasteiger charge is -2.31. The molecule has 0 fully saturated rings. The van der Waals surface area contributed by atoms with E-state index in [-0.39, 0.29) is 50.5 Å². The maximum absolute atomic E-state index is 13.5. The summed E-state index contributed by atoms with van der Waals surface area (Å²) in [6, 6.07) is 9.28. The van der Waals surface area contributed by atoms with Crippen LogP contribution in [-0.2, 0) is 26.2 Å². The molecule has 2 aromatic carbocycles. The fourth-order valence-electron chi connectivity index (χ4n) is 4.22. The summed E-state index contributed by atoms with van der Waals surface area (Å²) >= 11 is 12.3. The van der Waals surface area contributed by atoms with E-state index in [1.54, 1.807) is 36.4 Å². The number of anilines is 1. The van der Waals surface area contributed by atoms with Gasteiger partial charge in [0.15, 0.2) is 11.5 Å². The van der Waals surface area contributed by atoms with Gasteiger partial charge in [-0.3, -0.25) is 13.9 Å². The van der Waals surface area contributed by atoms with Crippen molar-refractivity contribution in [2.45, 2.75) is 52.6 Å². The summed E-state index contributed by atoms with van der Waals surface area (Å²) in [5.74, 6) is 0.748. The molecule has 0 aromatic heterocycles. The summed E-state index contributed by atoms with van der Waals surface area (Å²) < 4.78 is 37.1. The van der Waals surface area contributed by atoms with E-state index in [0.717, 1.165) is 11.8 Å². The highest BCUT2D eigenvalue weighted by atomic mass is 35.5. The van der Waals surface area contributed by atoms with Crippen LogP contribution < -0.4 is 19.1 Å².